The molecule has 0 bridgehead atoms. The summed E-state index contributed by atoms with van der Waals surface area (Å²) in [7, 11) is 0. The summed E-state index contributed by atoms with van der Waals surface area (Å²) in [6.07, 6.45) is 1.81. The van der Waals surface area contributed by atoms with E-state index in [9.17, 15) is 14.4 Å². The number of carbonyl (C=O) groups excluding carboxylic acids is 3. The second-order valence-corrected chi connectivity index (χ2v) is 9.87. The van der Waals surface area contributed by atoms with Crippen LogP contribution in [0, 0.1) is 0 Å². The molecule has 0 aliphatic heterocycles. The molecule has 0 radical (unpaired) electrons. The topological polar surface area (TPSA) is 159 Å². The minimum Gasteiger partial charge on any atom is -0.445 e. The van der Waals surface area contributed by atoms with Gasteiger partial charge in [0, 0.05) is 26.3 Å². The standard InChI is InChI=1S/C32H48N4O8/c33-16-9-19-40-21-23-42-24-22-41-20-10-18-34-30(37)29(36-32(39)44-26-28-13-5-2-6-14-28)15-7-8-17-35-31(38)43-25-27-11-3-1-4-12-27/h1-6,11-14,29H,7-10,15-26,33H2,(H,34,37)(H,35,38)(H,36,39). The van der Waals surface area contributed by atoms with Gasteiger partial charge in [0.25, 0.3) is 0 Å². The van der Waals surface area contributed by atoms with E-state index in [1.807, 2.05) is 60.7 Å². The Balaban J connectivity index is 1.64. The largest absolute Gasteiger partial charge is 0.445 e. The van der Waals surface area contributed by atoms with Crippen LogP contribution in [0.5, 0.6) is 0 Å². The molecule has 0 aliphatic rings. The fourth-order valence-corrected chi connectivity index (χ4v) is 3.85. The van der Waals surface area contributed by atoms with Gasteiger partial charge < -0.3 is 45.4 Å². The Labute approximate surface area is 260 Å². The number of rotatable bonds is 24. The second-order valence-electron chi connectivity index (χ2n) is 9.87. The third-order valence-electron chi connectivity index (χ3n) is 6.22. The summed E-state index contributed by atoms with van der Waals surface area (Å²) < 4.78 is 26.9. The highest BCUT2D eigenvalue weighted by Crippen LogP contribution is 2.05. The van der Waals surface area contributed by atoms with E-state index in [1.54, 1.807) is 0 Å². The Morgan fingerprint density at radius 1 is 0.614 bits per heavy atom. The monoisotopic (exact) mass is 616 g/mol. The number of amides is 3. The van der Waals surface area contributed by atoms with Gasteiger partial charge >= 0.3 is 12.2 Å². The molecule has 12 nitrogen and oxygen atoms in total. The van der Waals surface area contributed by atoms with Crippen LogP contribution >= 0.6 is 0 Å². The maximum atomic E-state index is 12.9. The number of ether oxygens (including phenoxy) is 5. The van der Waals surface area contributed by atoms with Gasteiger partial charge in [-0.2, -0.15) is 0 Å². The van der Waals surface area contributed by atoms with Crippen molar-refractivity contribution in [2.24, 2.45) is 5.73 Å². The number of nitrogens with one attached hydrogen (secondary N) is 3. The lowest BCUT2D eigenvalue weighted by atomic mass is 10.1. The van der Waals surface area contributed by atoms with Crippen molar-refractivity contribution in [1.29, 1.82) is 0 Å². The van der Waals surface area contributed by atoms with E-state index >= 15 is 0 Å². The van der Waals surface area contributed by atoms with E-state index in [-0.39, 0.29) is 19.1 Å². The fourth-order valence-electron chi connectivity index (χ4n) is 3.85. The van der Waals surface area contributed by atoms with Gasteiger partial charge in [-0.15, -0.1) is 0 Å². The van der Waals surface area contributed by atoms with Gasteiger partial charge in [-0.05, 0) is 49.8 Å². The van der Waals surface area contributed by atoms with Crippen molar-refractivity contribution in [3.05, 3.63) is 71.8 Å². The van der Waals surface area contributed by atoms with E-state index < -0.39 is 18.2 Å². The summed E-state index contributed by atoms with van der Waals surface area (Å²) in [5, 5.41) is 8.23. The molecule has 2 aromatic carbocycles. The normalized spacial score (nSPS) is 11.4. The Morgan fingerprint density at radius 3 is 1.73 bits per heavy atom. The van der Waals surface area contributed by atoms with Gasteiger partial charge in [-0.1, -0.05) is 60.7 Å². The smallest absolute Gasteiger partial charge is 0.408 e. The molecule has 2 aromatic rings. The van der Waals surface area contributed by atoms with Gasteiger partial charge in [-0.3, -0.25) is 4.79 Å². The maximum absolute atomic E-state index is 12.9. The number of unbranched alkanes of at least 4 members (excludes halogenated alkanes) is 1. The third-order valence-corrected chi connectivity index (χ3v) is 6.22. The molecule has 0 aliphatic carbocycles. The predicted molar refractivity (Wildman–Crippen MR) is 166 cm³/mol. The molecule has 0 spiro atoms. The van der Waals surface area contributed by atoms with Crippen molar-refractivity contribution < 1.29 is 38.1 Å². The summed E-state index contributed by atoms with van der Waals surface area (Å²) >= 11 is 0. The van der Waals surface area contributed by atoms with Crippen molar-refractivity contribution >= 4 is 18.1 Å². The lowest BCUT2D eigenvalue weighted by Gasteiger charge is -2.18. The average molecular weight is 617 g/mol. The van der Waals surface area contributed by atoms with Crippen molar-refractivity contribution in [3.8, 4) is 0 Å². The van der Waals surface area contributed by atoms with Crippen LogP contribution in [0.3, 0.4) is 0 Å². The lowest BCUT2D eigenvalue weighted by molar-refractivity contribution is -0.123. The third kappa shape index (κ3) is 18.7. The van der Waals surface area contributed by atoms with Crippen LogP contribution in [0.1, 0.15) is 43.2 Å². The average Bonchev–Trinajstić information content (AvgIpc) is 3.05. The van der Waals surface area contributed by atoms with Gasteiger partial charge in [0.2, 0.25) is 5.91 Å². The first kappa shape index (κ1) is 36.5. The highest BCUT2D eigenvalue weighted by Gasteiger charge is 2.21. The Morgan fingerprint density at radius 2 is 1.14 bits per heavy atom. The van der Waals surface area contributed by atoms with Crippen LogP contribution in [-0.2, 0) is 41.7 Å². The molecule has 5 N–H and O–H groups in total. The van der Waals surface area contributed by atoms with Crippen LogP contribution in [0.4, 0.5) is 9.59 Å². The van der Waals surface area contributed by atoms with Gasteiger partial charge in [-0.25, -0.2) is 9.59 Å². The minimum absolute atomic E-state index is 0.0956. The molecule has 244 valence electrons. The van der Waals surface area contributed by atoms with E-state index in [0.717, 1.165) is 17.5 Å². The van der Waals surface area contributed by atoms with Crippen molar-refractivity contribution in [2.45, 2.75) is 51.4 Å². The van der Waals surface area contributed by atoms with Gasteiger partial charge in [0.05, 0.1) is 26.4 Å². The zero-order valence-electron chi connectivity index (χ0n) is 25.5. The first-order valence-electron chi connectivity index (χ1n) is 15.2. The van der Waals surface area contributed by atoms with Crippen LogP contribution in [-0.4, -0.2) is 83.4 Å². The molecule has 3 amide bonds. The summed E-state index contributed by atoms with van der Waals surface area (Å²) in [6.45, 7) is 4.69. The molecule has 1 unspecified atom stereocenters. The molecule has 44 heavy (non-hydrogen) atoms. The van der Waals surface area contributed by atoms with E-state index in [4.69, 9.17) is 29.4 Å². The van der Waals surface area contributed by atoms with Crippen LogP contribution in [0.15, 0.2) is 60.7 Å². The molecule has 0 saturated heterocycles. The molecule has 12 heteroatoms. The minimum atomic E-state index is -0.787. The molecular weight excluding hydrogens is 568 g/mol. The first-order valence-corrected chi connectivity index (χ1v) is 15.2. The van der Waals surface area contributed by atoms with Gasteiger partial charge in [0.1, 0.15) is 19.3 Å². The van der Waals surface area contributed by atoms with Crippen molar-refractivity contribution in [3.63, 3.8) is 0 Å². The molecule has 0 fully saturated rings. The number of nitrogens with two attached hydrogens (primary N) is 1. The number of hydrogen-bond donors (Lipinski definition) is 4. The number of carbonyl (C=O) groups is 3. The summed E-state index contributed by atoms with van der Waals surface area (Å²) in [5.41, 5.74) is 7.15. The van der Waals surface area contributed by atoms with Crippen LogP contribution in [0.25, 0.3) is 0 Å². The second kappa shape index (κ2) is 24.7. The highest BCUT2D eigenvalue weighted by molar-refractivity contribution is 5.85. The first-order chi connectivity index (χ1) is 21.6. The zero-order valence-corrected chi connectivity index (χ0v) is 25.5. The molecular formula is C32H48N4O8. The predicted octanol–water partition coefficient (Wildman–Crippen LogP) is 3.28. The lowest BCUT2D eigenvalue weighted by Crippen LogP contribution is -2.47. The Kier molecular flexibility index (Phi) is 20.5. The molecule has 0 heterocycles. The molecule has 0 aromatic heterocycles. The molecule has 2 rings (SSSR count). The highest BCUT2D eigenvalue weighted by atomic mass is 16.6. The fraction of sp³-hybridized carbons (Fsp3) is 0.531. The van der Waals surface area contributed by atoms with Crippen LogP contribution in [0.2, 0.25) is 0 Å². The summed E-state index contributed by atoms with van der Waals surface area (Å²) in [4.78, 5) is 37.3. The number of hydrogen-bond acceptors (Lipinski definition) is 9. The van der Waals surface area contributed by atoms with E-state index in [0.29, 0.717) is 85.0 Å². The summed E-state index contributed by atoms with van der Waals surface area (Å²) in [5.74, 6) is -0.310. The Hall–Kier alpha value is -3.71. The van der Waals surface area contributed by atoms with Crippen LogP contribution < -0.4 is 21.7 Å². The molecule has 0 saturated carbocycles. The number of alkyl carbamates (subject to hydrolysis) is 2. The quantitative estimate of drug-likeness (QED) is 0.130. The summed E-state index contributed by atoms with van der Waals surface area (Å²) in [6, 6.07) is 17.9. The molecule has 1 atom stereocenters. The SMILES string of the molecule is NCCCOCCOCCOCCCNC(=O)C(CCCCNC(=O)OCc1ccccc1)NC(=O)OCc1ccccc1. The zero-order chi connectivity index (χ0) is 31.5. The number of benzene rings is 2. The van der Waals surface area contributed by atoms with Gasteiger partial charge in [0.15, 0.2) is 0 Å². The van der Waals surface area contributed by atoms with E-state index in [2.05, 4.69) is 16.0 Å². The van der Waals surface area contributed by atoms with Crippen molar-refractivity contribution in [2.75, 3.05) is 59.3 Å². The Bertz CT molecular complexity index is 1030. The van der Waals surface area contributed by atoms with E-state index in [1.165, 1.54) is 0 Å². The van der Waals surface area contributed by atoms with Crippen molar-refractivity contribution in [1.82, 2.24) is 16.0 Å². The maximum Gasteiger partial charge on any atom is 0.408 e.